The smallest absolute Gasteiger partial charge is 0.468 e. The number of fused-ring (bicyclic) bond motifs is 1. The third-order valence-electron chi connectivity index (χ3n) is 5.05. The quantitative estimate of drug-likeness (QED) is 0.387. The van der Waals surface area contributed by atoms with Gasteiger partial charge in [-0.15, -0.1) is 0 Å². The first-order valence-corrected chi connectivity index (χ1v) is 8.55. The molecule has 3 rings (SSSR count). The van der Waals surface area contributed by atoms with Gasteiger partial charge in [-0.1, -0.05) is 0 Å². The Labute approximate surface area is 141 Å². The van der Waals surface area contributed by atoms with Crippen LogP contribution >= 0.6 is 0 Å². The minimum atomic E-state index is -7.18. The molecule has 2 bridgehead atoms. The number of hydrogen-bond acceptors (Lipinski definition) is 7. The standard InChI is InChI=1S/C12H10F6O7S/c13-10(11(14,15)16,12(17,18)26(21,22)23)25-9(20)6-3-1-4-5(2-3)8(19)24-7(4)6/h3-7H,1-2H2,(H,21,22,23)/p-1. The molecule has 2 aliphatic carbocycles. The van der Waals surface area contributed by atoms with Gasteiger partial charge in [0.2, 0.25) is 0 Å². The van der Waals surface area contributed by atoms with Gasteiger partial charge in [-0.05, 0) is 18.8 Å². The molecule has 0 radical (unpaired) electrons. The fourth-order valence-corrected chi connectivity index (χ4v) is 4.41. The monoisotopic (exact) mass is 411 g/mol. The number of alkyl halides is 6. The molecule has 3 aliphatic rings. The SMILES string of the molecule is O=C1OC2C3CC(CC13)C2C(=O)OC(F)(C(F)(F)F)C(F)(F)S(=O)(=O)[O-]. The van der Waals surface area contributed by atoms with E-state index >= 15 is 0 Å². The number of esters is 2. The average Bonchev–Trinajstić information content (AvgIpc) is 3.06. The Morgan fingerprint density at radius 1 is 1.15 bits per heavy atom. The Hall–Kier alpha value is -1.57. The lowest BCUT2D eigenvalue weighted by Crippen LogP contribution is -2.62. The summed E-state index contributed by atoms with van der Waals surface area (Å²) in [6.07, 6.45) is -7.83. The van der Waals surface area contributed by atoms with E-state index in [1.54, 1.807) is 0 Å². The Bertz CT molecular complexity index is 765. The van der Waals surface area contributed by atoms with Crippen molar-refractivity contribution < 1.29 is 58.4 Å². The van der Waals surface area contributed by atoms with Crippen molar-refractivity contribution in [3.8, 4) is 0 Å². The molecule has 0 spiro atoms. The summed E-state index contributed by atoms with van der Waals surface area (Å²) >= 11 is 0. The Kier molecular flexibility index (Phi) is 3.87. The van der Waals surface area contributed by atoms with Crippen LogP contribution in [0.2, 0.25) is 0 Å². The molecule has 0 aromatic heterocycles. The first-order valence-electron chi connectivity index (χ1n) is 7.14. The molecule has 0 N–H and O–H groups in total. The second kappa shape index (κ2) is 5.24. The number of hydrogen-bond donors (Lipinski definition) is 0. The van der Waals surface area contributed by atoms with Gasteiger partial charge in [-0.25, -0.2) is 8.42 Å². The summed E-state index contributed by atoms with van der Waals surface area (Å²) in [5, 5.41) is -6.62. The number of carbonyl (C=O) groups is 2. The Morgan fingerprint density at radius 3 is 2.23 bits per heavy atom. The maximum absolute atomic E-state index is 14.0. The first-order chi connectivity index (χ1) is 11.6. The maximum atomic E-state index is 14.0. The van der Waals surface area contributed by atoms with E-state index in [9.17, 15) is 48.9 Å². The van der Waals surface area contributed by atoms with E-state index in [1.807, 2.05) is 0 Å². The van der Waals surface area contributed by atoms with Gasteiger partial charge >= 0.3 is 29.2 Å². The van der Waals surface area contributed by atoms with Crippen molar-refractivity contribution in [2.24, 2.45) is 23.7 Å². The summed E-state index contributed by atoms with van der Waals surface area (Å²) in [6, 6.07) is 0. The normalized spacial score (nSPS) is 36.0. The van der Waals surface area contributed by atoms with Crippen molar-refractivity contribution in [3.63, 3.8) is 0 Å². The topological polar surface area (TPSA) is 110 Å². The van der Waals surface area contributed by atoms with Crippen LogP contribution in [0.3, 0.4) is 0 Å². The lowest BCUT2D eigenvalue weighted by molar-refractivity contribution is -0.368. The second-order valence-electron chi connectivity index (χ2n) is 6.41. The van der Waals surface area contributed by atoms with Gasteiger partial charge in [0, 0.05) is 5.92 Å². The van der Waals surface area contributed by atoms with Gasteiger partial charge in [0.1, 0.15) is 6.10 Å². The van der Waals surface area contributed by atoms with Gasteiger partial charge in [-0.3, -0.25) is 9.59 Å². The van der Waals surface area contributed by atoms with E-state index < -0.39 is 69.1 Å². The lowest BCUT2D eigenvalue weighted by Gasteiger charge is -2.36. The summed E-state index contributed by atoms with van der Waals surface area (Å²) in [5.41, 5.74) is 0. The largest absolute Gasteiger partial charge is 0.743 e. The molecule has 7 nitrogen and oxygen atoms in total. The Morgan fingerprint density at radius 2 is 1.73 bits per heavy atom. The van der Waals surface area contributed by atoms with Gasteiger partial charge in [0.15, 0.2) is 10.1 Å². The van der Waals surface area contributed by atoms with E-state index in [-0.39, 0.29) is 12.8 Å². The minimum Gasteiger partial charge on any atom is -0.743 e. The fraction of sp³-hybridized carbons (Fsp3) is 0.833. The van der Waals surface area contributed by atoms with Crippen LogP contribution in [0.5, 0.6) is 0 Å². The highest BCUT2D eigenvalue weighted by atomic mass is 32.2. The third kappa shape index (κ3) is 2.33. The molecule has 148 valence electrons. The molecular weight excluding hydrogens is 402 g/mol. The molecule has 0 aromatic carbocycles. The molecule has 26 heavy (non-hydrogen) atoms. The molecule has 3 fully saturated rings. The van der Waals surface area contributed by atoms with Crippen molar-refractivity contribution in [1.29, 1.82) is 0 Å². The molecule has 6 unspecified atom stereocenters. The molecule has 0 aromatic rings. The molecule has 2 saturated carbocycles. The number of carbonyl (C=O) groups excluding carboxylic acids is 2. The highest BCUT2D eigenvalue weighted by Crippen LogP contribution is 2.58. The van der Waals surface area contributed by atoms with Crippen LogP contribution in [0.25, 0.3) is 0 Å². The zero-order chi connectivity index (χ0) is 19.9. The molecule has 14 heteroatoms. The fourth-order valence-electron chi connectivity index (χ4n) is 3.93. The van der Waals surface area contributed by atoms with E-state index in [2.05, 4.69) is 4.74 Å². The summed E-state index contributed by atoms with van der Waals surface area (Å²) in [4.78, 5) is 23.5. The molecule has 1 aliphatic heterocycles. The van der Waals surface area contributed by atoms with Gasteiger partial charge in [0.25, 0.3) is 0 Å². The minimum absolute atomic E-state index is 0.0152. The van der Waals surface area contributed by atoms with Crippen LogP contribution < -0.4 is 0 Å². The third-order valence-corrected chi connectivity index (χ3v) is 5.94. The van der Waals surface area contributed by atoms with Crippen LogP contribution in [0.15, 0.2) is 0 Å². The molecule has 1 heterocycles. The van der Waals surface area contributed by atoms with Crippen LogP contribution in [0, 0.1) is 23.7 Å². The first kappa shape index (κ1) is 19.2. The van der Waals surface area contributed by atoms with E-state index in [1.165, 1.54) is 0 Å². The molecule has 6 atom stereocenters. The zero-order valence-corrected chi connectivity index (χ0v) is 13.2. The molecule has 1 saturated heterocycles. The highest BCUT2D eigenvalue weighted by molar-refractivity contribution is 7.86. The predicted molar refractivity (Wildman–Crippen MR) is 63.7 cm³/mol. The van der Waals surface area contributed by atoms with Crippen molar-refractivity contribution in [2.45, 2.75) is 36.2 Å². The van der Waals surface area contributed by atoms with Crippen molar-refractivity contribution in [1.82, 2.24) is 0 Å². The number of rotatable bonds is 4. The number of halogens is 6. The van der Waals surface area contributed by atoms with Gasteiger partial charge < -0.3 is 14.0 Å². The van der Waals surface area contributed by atoms with E-state index in [0.29, 0.717) is 0 Å². The van der Waals surface area contributed by atoms with Gasteiger partial charge in [0.05, 0.1) is 11.8 Å². The van der Waals surface area contributed by atoms with Crippen LogP contribution in [-0.4, -0.2) is 48.3 Å². The van der Waals surface area contributed by atoms with E-state index in [4.69, 9.17) is 4.74 Å². The second-order valence-corrected chi connectivity index (χ2v) is 7.84. The number of ether oxygens (including phenoxy) is 2. The predicted octanol–water partition coefficient (Wildman–Crippen LogP) is 1.09. The molecular formula is C12H9F6O7S-. The van der Waals surface area contributed by atoms with Crippen molar-refractivity contribution in [3.05, 3.63) is 0 Å². The van der Waals surface area contributed by atoms with Crippen LogP contribution in [0.1, 0.15) is 12.8 Å². The lowest BCUT2D eigenvalue weighted by atomic mass is 9.82. The van der Waals surface area contributed by atoms with Crippen molar-refractivity contribution in [2.75, 3.05) is 0 Å². The van der Waals surface area contributed by atoms with E-state index in [0.717, 1.165) is 0 Å². The summed E-state index contributed by atoms with van der Waals surface area (Å²) in [6.45, 7) is 0. The van der Waals surface area contributed by atoms with Crippen LogP contribution in [0.4, 0.5) is 26.3 Å². The zero-order valence-electron chi connectivity index (χ0n) is 12.3. The highest BCUT2D eigenvalue weighted by Gasteiger charge is 2.79. The van der Waals surface area contributed by atoms with Crippen LogP contribution in [-0.2, 0) is 29.2 Å². The summed E-state index contributed by atoms with van der Waals surface area (Å²) in [5.74, 6) is -12.8. The molecule has 0 amide bonds. The summed E-state index contributed by atoms with van der Waals surface area (Å²) in [7, 11) is -7.18. The van der Waals surface area contributed by atoms with Crippen molar-refractivity contribution >= 4 is 22.1 Å². The summed E-state index contributed by atoms with van der Waals surface area (Å²) < 4.78 is 119. The average molecular weight is 411 g/mol. The van der Waals surface area contributed by atoms with Gasteiger partial charge in [-0.2, -0.15) is 26.3 Å². The maximum Gasteiger partial charge on any atom is 0.468 e. The Balaban J connectivity index is 1.92.